The summed E-state index contributed by atoms with van der Waals surface area (Å²) in [7, 11) is 0. The van der Waals surface area contributed by atoms with E-state index in [0.717, 1.165) is 35.8 Å². The number of imidazole rings is 1. The van der Waals surface area contributed by atoms with Crippen molar-refractivity contribution in [3.8, 4) is 0 Å². The van der Waals surface area contributed by atoms with Crippen LogP contribution in [0, 0.1) is 5.92 Å². The van der Waals surface area contributed by atoms with E-state index in [2.05, 4.69) is 18.8 Å². The van der Waals surface area contributed by atoms with E-state index < -0.39 is 11.2 Å². The highest BCUT2D eigenvalue weighted by Crippen LogP contribution is 2.22. The molecule has 0 bridgehead atoms. The van der Waals surface area contributed by atoms with Gasteiger partial charge in [0.05, 0.1) is 12.9 Å². The molecule has 0 spiro atoms. The smallest absolute Gasteiger partial charge is 0.333 e. The van der Waals surface area contributed by atoms with E-state index >= 15 is 0 Å². The maximum Gasteiger partial charge on any atom is 0.333 e. The fourth-order valence-electron chi connectivity index (χ4n) is 4.98. The van der Waals surface area contributed by atoms with E-state index in [9.17, 15) is 14.4 Å². The van der Waals surface area contributed by atoms with Crippen molar-refractivity contribution < 1.29 is 4.79 Å². The SMILES string of the molecule is CC(C)CCn1cnc2c1c(=O)n(CC(=O)N1[C@H](C)CCC[C@H]1C)c(=O)n2Cc1ccccc1. The van der Waals surface area contributed by atoms with Gasteiger partial charge >= 0.3 is 5.69 Å². The molecule has 8 nitrogen and oxygen atoms in total. The average Bonchev–Trinajstić information content (AvgIpc) is 3.23. The molecular weight excluding hydrogens is 430 g/mol. The van der Waals surface area contributed by atoms with Gasteiger partial charge in [-0.25, -0.2) is 14.3 Å². The highest BCUT2D eigenvalue weighted by Gasteiger charge is 2.30. The van der Waals surface area contributed by atoms with Crippen molar-refractivity contribution in [2.75, 3.05) is 0 Å². The van der Waals surface area contributed by atoms with E-state index in [0.29, 0.717) is 23.6 Å². The highest BCUT2D eigenvalue weighted by atomic mass is 16.2. The molecule has 1 amide bonds. The third-order valence-electron chi connectivity index (χ3n) is 6.89. The minimum atomic E-state index is -0.499. The van der Waals surface area contributed by atoms with Crippen LogP contribution in [0.4, 0.5) is 0 Å². The van der Waals surface area contributed by atoms with Crippen LogP contribution < -0.4 is 11.2 Å². The lowest BCUT2D eigenvalue weighted by Crippen LogP contribution is -2.51. The first-order valence-electron chi connectivity index (χ1n) is 12.3. The van der Waals surface area contributed by atoms with Gasteiger partial charge in [-0.3, -0.25) is 14.2 Å². The summed E-state index contributed by atoms with van der Waals surface area (Å²) < 4.78 is 4.45. The average molecular weight is 466 g/mol. The molecule has 1 aromatic carbocycles. The first kappa shape index (κ1) is 24.0. The Morgan fingerprint density at radius 1 is 1.06 bits per heavy atom. The van der Waals surface area contributed by atoms with Gasteiger partial charge in [0.25, 0.3) is 5.56 Å². The number of benzene rings is 1. The summed E-state index contributed by atoms with van der Waals surface area (Å²) in [6, 6.07) is 9.81. The van der Waals surface area contributed by atoms with Gasteiger partial charge in [-0.1, -0.05) is 44.2 Å². The van der Waals surface area contributed by atoms with E-state index in [4.69, 9.17) is 0 Å². The molecule has 34 heavy (non-hydrogen) atoms. The van der Waals surface area contributed by atoms with Gasteiger partial charge in [-0.05, 0) is 51.0 Å². The monoisotopic (exact) mass is 465 g/mol. The van der Waals surface area contributed by atoms with Gasteiger partial charge < -0.3 is 9.47 Å². The molecule has 8 heteroatoms. The molecule has 1 aliphatic rings. The van der Waals surface area contributed by atoms with Gasteiger partial charge in [-0.15, -0.1) is 0 Å². The molecule has 1 saturated heterocycles. The van der Waals surface area contributed by atoms with Crippen LogP contribution in [-0.2, 0) is 24.4 Å². The molecule has 0 radical (unpaired) electrons. The number of carbonyl (C=O) groups is 1. The molecule has 2 aromatic heterocycles. The Bertz CT molecular complexity index is 1260. The van der Waals surface area contributed by atoms with E-state index in [-0.39, 0.29) is 31.1 Å². The second kappa shape index (κ2) is 9.99. The summed E-state index contributed by atoms with van der Waals surface area (Å²) in [5.41, 5.74) is 0.726. The fourth-order valence-corrected chi connectivity index (χ4v) is 4.98. The zero-order valence-corrected chi connectivity index (χ0v) is 20.6. The summed E-state index contributed by atoms with van der Waals surface area (Å²) >= 11 is 0. The van der Waals surface area contributed by atoms with Gasteiger partial charge in [0, 0.05) is 18.6 Å². The molecule has 2 atom stereocenters. The highest BCUT2D eigenvalue weighted by molar-refractivity contribution is 5.77. The van der Waals surface area contributed by atoms with Crippen LogP contribution in [0.1, 0.15) is 58.9 Å². The lowest BCUT2D eigenvalue weighted by atomic mass is 9.97. The topological polar surface area (TPSA) is 82.1 Å². The van der Waals surface area contributed by atoms with Crippen molar-refractivity contribution in [3.63, 3.8) is 0 Å². The first-order valence-corrected chi connectivity index (χ1v) is 12.3. The Labute approximate surface area is 199 Å². The summed E-state index contributed by atoms with van der Waals surface area (Å²) in [5.74, 6) is 0.274. The molecule has 3 heterocycles. The van der Waals surface area contributed by atoms with E-state index in [1.807, 2.05) is 53.6 Å². The third-order valence-corrected chi connectivity index (χ3v) is 6.89. The molecule has 0 saturated carbocycles. The second-order valence-corrected chi connectivity index (χ2v) is 9.97. The standard InChI is InChI=1S/C26H35N5O3/c1-18(2)13-14-28-17-27-24-23(28)25(33)30(16-22(32)31-19(3)9-8-10-20(31)4)26(34)29(24)15-21-11-6-5-7-12-21/h5-7,11-12,17-20H,8-10,13-16H2,1-4H3/t19-,20-/m1/s1. The third kappa shape index (κ3) is 4.72. The minimum absolute atomic E-state index is 0.0961. The van der Waals surface area contributed by atoms with Crippen LogP contribution >= 0.6 is 0 Å². The number of amides is 1. The molecule has 182 valence electrons. The van der Waals surface area contributed by atoms with Crippen LogP contribution in [0.15, 0.2) is 46.2 Å². The predicted molar refractivity (Wildman–Crippen MR) is 133 cm³/mol. The van der Waals surface area contributed by atoms with Gasteiger partial charge in [0.1, 0.15) is 6.54 Å². The Morgan fingerprint density at radius 3 is 2.38 bits per heavy atom. The van der Waals surface area contributed by atoms with Crippen molar-refractivity contribution in [1.82, 2.24) is 23.6 Å². The number of nitrogens with zero attached hydrogens (tertiary/aromatic N) is 5. The van der Waals surface area contributed by atoms with Crippen molar-refractivity contribution in [1.29, 1.82) is 0 Å². The molecule has 0 aliphatic carbocycles. The molecule has 1 fully saturated rings. The zero-order valence-electron chi connectivity index (χ0n) is 20.6. The molecule has 3 aromatic rings. The van der Waals surface area contributed by atoms with Gasteiger partial charge in [-0.2, -0.15) is 0 Å². The van der Waals surface area contributed by atoms with Gasteiger partial charge in [0.2, 0.25) is 5.91 Å². The van der Waals surface area contributed by atoms with Crippen molar-refractivity contribution in [2.24, 2.45) is 5.92 Å². The number of hydrogen-bond acceptors (Lipinski definition) is 4. The Morgan fingerprint density at radius 2 is 1.74 bits per heavy atom. The van der Waals surface area contributed by atoms with E-state index in [1.165, 1.54) is 4.57 Å². The van der Waals surface area contributed by atoms with Crippen LogP contribution in [0.2, 0.25) is 0 Å². The van der Waals surface area contributed by atoms with Crippen LogP contribution in [-0.4, -0.2) is 41.6 Å². The molecule has 0 N–H and O–H groups in total. The minimum Gasteiger partial charge on any atom is -0.336 e. The Hall–Kier alpha value is -3.16. The van der Waals surface area contributed by atoms with Crippen molar-refractivity contribution >= 4 is 17.1 Å². The first-order chi connectivity index (χ1) is 16.3. The number of carbonyl (C=O) groups excluding carboxylic acids is 1. The number of fused-ring (bicyclic) bond motifs is 1. The Balaban J connectivity index is 1.81. The maximum absolute atomic E-state index is 13.6. The van der Waals surface area contributed by atoms with Crippen LogP contribution in [0.5, 0.6) is 0 Å². The number of aryl methyl sites for hydroxylation is 1. The molecule has 0 unspecified atom stereocenters. The van der Waals surface area contributed by atoms with Crippen LogP contribution in [0.3, 0.4) is 0 Å². The van der Waals surface area contributed by atoms with Gasteiger partial charge in [0.15, 0.2) is 11.2 Å². The number of hydrogen-bond donors (Lipinski definition) is 0. The fraction of sp³-hybridized carbons (Fsp3) is 0.538. The lowest BCUT2D eigenvalue weighted by Gasteiger charge is -2.39. The number of aromatic nitrogens is 4. The molecule has 4 rings (SSSR count). The largest absolute Gasteiger partial charge is 0.336 e. The zero-order chi connectivity index (χ0) is 24.4. The molecular formula is C26H35N5O3. The lowest BCUT2D eigenvalue weighted by molar-refractivity contribution is -0.138. The van der Waals surface area contributed by atoms with Crippen molar-refractivity contribution in [3.05, 3.63) is 63.1 Å². The Kier molecular flexibility index (Phi) is 7.05. The maximum atomic E-state index is 13.6. The summed E-state index contributed by atoms with van der Waals surface area (Å²) in [5, 5.41) is 0. The predicted octanol–water partition coefficient (Wildman–Crippen LogP) is 3.24. The quantitative estimate of drug-likeness (QED) is 0.536. The van der Waals surface area contributed by atoms with Crippen molar-refractivity contribution in [2.45, 2.75) is 85.1 Å². The summed E-state index contributed by atoms with van der Waals surface area (Å²) in [6.07, 6.45) is 5.46. The summed E-state index contributed by atoms with van der Waals surface area (Å²) in [4.78, 5) is 46.8. The van der Waals surface area contributed by atoms with E-state index in [1.54, 1.807) is 6.33 Å². The summed E-state index contributed by atoms with van der Waals surface area (Å²) in [6.45, 7) is 8.98. The number of piperidine rings is 1. The number of likely N-dealkylation sites (tertiary alicyclic amines) is 1. The molecule has 1 aliphatic heterocycles. The number of rotatable bonds is 7. The second-order valence-electron chi connectivity index (χ2n) is 9.97. The normalized spacial score (nSPS) is 18.7. The van der Waals surface area contributed by atoms with Crippen LogP contribution in [0.25, 0.3) is 11.2 Å².